The molecule has 1 amide bonds. The Morgan fingerprint density at radius 1 is 1.40 bits per heavy atom. The van der Waals surface area contributed by atoms with Crippen molar-refractivity contribution in [2.45, 2.75) is 26.4 Å². The summed E-state index contributed by atoms with van der Waals surface area (Å²) >= 11 is 0. The third kappa shape index (κ3) is 7.92. The molecule has 0 radical (unpaired) electrons. The van der Waals surface area contributed by atoms with Crippen LogP contribution < -0.4 is 10.5 Å². The highest BCUT2D eigenvalue weighted by atomic mass is 32.2. The van der Waals surface area contributed by atoms with Gasteiger partial charge in [-0.25, -0.2) is 9.52 Å². The second-order valence-electron chi connectivity index (χ2n) is 4.23. The fourth-order valence-corrected chi connectivity index (χ4v) is 2.23. The molecular weight excluding hydrogens is 288 g/mol. The van der Waals surface area contributed by atoms with Gasteiger partial charge in [-0.15, -0.1) is 0 Å². The van der Waals surface area contributed by atoms with E-state index in [4.69, 9.17) is 20.6 Å². The normalized spacial score (nSPS) is 11.7. The highest BCUT2D eigenvalue weighted by molar-refractivity contribution is 7.87. The van der Waals surface area contributed by atoms with Crippen molar-refractivity contribution in [3.63, 3.8) is 0 Å². The van der Waals surface area contributed by atoms with Crippen LogP contribution in [0.1, 0.15) is 20.3 Å². The number of amidine groups is 1. The molecule has 0 saturated carbocycles. The standard InChI is InChI=1S/C10H22N4O5S/c1-8(2)19-10(15)13-20(16,17)14(6-7-18-3)5-4-9(11)12/h8H,4-7H2,1-3H3,(H3,11,12)(H,13,15). The lowest BCUT2D eigenvalue weighted by atomic mass is 10.4. The fourth-order valence-electron chi connectivity index (χ4n) is 1.20. The molecule has 0 heterocycles. The summed E-state index contributed by atoms with van der Waals surface area (Å²) in [6.07, 6.45) is -1.43. The van der Waals surface area contributed by atoms with Crippen LogP contribution in [-0.4, -0.2) is 57.6 Å². The van der Waals surface area contributed by atoms with E-state index >= 15 is 0 Å². The predicted molar refractivity (Wildman–Crippen MR) is 73.7 cm³/mol. The molecule has 10 heteroatoms. The van der Waals surface area contributed by atoms with E-state index in [-0.39, 0.29) is 32.0 Å². The molecule has 0 aromatic carbocycles. The summed E-state index contributed by atoms with van der Waals surface area (Å²) in [6, 6.07) is 0. The van der Waals surface area contributed by atoms with Gasteiger partial charge in [-0.05, 0) is 13.8 Å². The maximum Gasteiger partial charge on any atom is 0.422 e. The highest BCUT2D eigenvalue weighted by Gasteiger charge is 2.25. The number of amides is 1. The number of nitrogens with one attached hydrogen (secondary N) is 2. The Kier molecular flexibility index (Phi) is 8.11. The monoisotopic (exact) mass is 310 g/mol. The minimum atomic E-state index is -4.06. The van der Waals surface area contributed by atoms with Gasteiger partial charge in [0.1, 0.15) is 0 Å². The van der Waals surface area contributed by atoms with Crippen LogP contribution in [0.3, 0.4) is 0 Å². The Morgan fingerprint density at radius 3 is 2.45 bits per heavy atom. The molecule has 0 aliphatic heterocycles. The molecule has 0 aromatic heterocycles. The summed E-state index contributed by atoms with van der Waals surface area (Å²) in [6.45, 7) is 3.37. The van der Waals surface area contributed by atoms with Crippen molar-refractivity contribution in [2.24, 2.45) is 5.73 Å². The number of carbonyl (C=O) groups excluding carboxylic acids is 1. The molecule has 0 aromatic rings. The smallest absolute Gasteiger partial charge is 0.422 e. The Morgan fingerprint density at radius 2 is 2.00 bits per heavy atom. The zero-order valence-corrected chi connectivity index (χ0v) is 12.7. The lowest BCUT2D eigenvalue weighted by molar-refractivity contribution is 0.120. The molecule has 0 atom stereocenters. The second-order valence-corrected chi connectivity index (χ2v) is 5.90. The average Bonchev–Trinajstić information content (AvgIpc) is 2.25. The van der Waals surface area contributed by atoms with Crippen molar-refractivity contribution in [1.29, 1.82) is 5.41 Å². The van der Waals surface area contributed by atoms with Crippen LogP contribution in [-0.2, 0) is 19.7 Å². The van der Waals surface area contributed by atoms with Gasteiger partial charge in [0.25, 0.3) is 0 Å². The van der Waals surface area contributed by atoms with Crippen LogP contribution >= 0.6 is 0 Å². The number of hydrogen-bond acceptors (Lipinski definition) is 6. The summed E-state index contributed by atoms with van der Waals surface area (Å²) in [7, 11) is -2.63. The quantitative estimate of drug-likeness (QED) is 0.393. The molecule has 0 fully saturated rings. The second kappa shape index (κ2) is 8.72. The number of nitrogens with zero attached hydrogens (tertiary/aromatic N) is 1. The first-order valence-corrected chi connectivity index (χ1v) is 7.43. The van der Waals surface area contributed by atoms with E-state index in [0.717, 1.165) is 4.31 Å². The number of nitrogens with two attached hydrogens (primary N) is 1. The van der Waals surface area contributed by atoms with Crippen molar-refractivity contribution in [3.05, 3.63) is 0 Å². The van der Waals surface area contributed by atoms with Gasteiger partial charge in [-0.1, -0.05) is 0 Å². The molecule has 9 nitrogen and oxygen atoms in total. The van der Waals surface area contributed by atoms with E-state index in [2.05, 4.69) is 0 Å². The van der Waals surface area contributed by atoms with Crippen LogP contribution in [0.15, 0.2) is 0 Å². The average molecular weight is 310 g/mol. The Hall–Kier alpha value is -1.39. The molecule has 20 heavy (non-hydrogen) atoms. The van der Waals surface area contributed by atoms with E-state index < -0.39 is 22.4 Å². The molecule has 0 unspecified atom stereocenters. The molecule has 0 rings (SSSR count). The molecule has 0 saturated heterocycles. The number of carbonyl (C=O) groups is 1. The largest absolute Gasteiger partial charge is 0.446 e. The first-order chi connectivity index (χ1) is 9.19. The summed E-state index contributed by atoms with van der Waals surface area (Å²) in [4.78, 5) is 11.3. The van der Waals surface area contributed by atoms with Gasteiger partial charge in [0.05, 0.1) is 18.5 Å². The van der Waals surface area contributed by atoms with E-state index in [0.29, 0.717) is 0 Å². The number of hydrogen-bond donors (Lipinski definition) is 3. The summed E-state index contributed by atoms with van der Waals surface area (Å²) in [5, 5.41) is 7.12. The summed E-state index contributed by atoms with van der Waals surface area (Å²) in [5.74, 6) is -0.146. The predicted octanol–water partition coefficient (Wildman–Crippen LogP) is -0.360. The molecule has 0 spiro atoms. The Labute approximate surface area is 119 Å². The van der Waals surface area contributed by atoms with Crippen molar-refractivity contribution in [1.82, 2.24) is 9.03 Å². The van der Waals surface area contributed by atoms with Gasteiger partial charge in [-0.2, -0.15) is 12.7 Å². The highest BCUT2D eigenvalue weighted by Crippen LogP contribution is 2.01. The van der Waals surface area contributed by atoms with E-state index in [9.17, 15) is 13.2 Å². The number of ether oxygens (including phenoxy) is 2. The van der Waals surface area contributed by atoms with Crippen LogP contribution in [0.5, 0.6) is 0 Å². The summed E-state index contributed by atoms with van der Waals surface area (Å²) < 4.78 is 36.3. The van der Waals surface area contributed by atoms with Crippen LogP contribution in [0.4, 0.5) is 4.79 Å². The van der Waals surface area contributed by atoms with Gasteiger partial charge >= 0.3 is 16.3 Å². The molecule has 4 N–H and O–H groups in total. The van der Waals surface area contributed by atoms with Crippen molar-refractivity contribution < 1.29 is 22.7 Å². The molecule has 0 bridgehead atoms. The summed E-state index contributed by atoms with van der Waals surface area (Å²) in [5.41, 5.74) is 5.20. The van der Waals surface area contributed by atoms with Gasteiger partial charge in [-0.3, -0.25) is 5.41 Å². The van der Waals surface area contributed by atoms with Crippen LogP contribution in [0.25, 0.3) is 0 Å². The molecule has 0 aliphatic rings. The lowest BCUT2D eigenvalue weighted by Gasteiger charge is -2.21. The minimum Gasteiger partial charge on any atom is -0.446 e. The lowest BCUT2D eigenvalue weighted by Crippen LogP contribution is -2.46. The van der Waals surface area contributed by atoms with Crippen molar-refractivity contribution in [2.75, 3.05) is 26.8 Å². The van der Waals surface area contributed by atoms with E-state index in [1.807, 2.05) is 0 Å². The van der Waals surface area contributed by atoms with Crippen LogP contribution in [0.2, 0.25) is 0 Å². The minimum absolute atomic E-state index is 0.0248. The SMILES string of the molecule is COCCN(CCC(=N)N)S(=O)(=O)NC(=O)OC(C)C. The maximum absolute atomic E-state index is 12.0. The van der Waals surface area contributed by atoms with Gasteiger partial charge < -0.3 is 15.2 Å². The molecular formula is C10H22N4O5S. The Balaban J connectivity index is 4.74. The van der Waals surface area contributed by atoms with E-state index in [1.165, 1.54) is 7.11 Å². The van der Waals surface area contributed by atoms with Crippen molar-refractivity contribution >= 4 is 22.1 Å². The third-order valence-electron chi connectivity index (χ3n) is 2.07. The number of methoxy groups -OCH3 is 1. The topological polar surface area (TPSA) is 135 Å². The Bertz CT molecular complexity index is 423. The third-order valence-corrected chi connectivity index (χ3v) is 3.54. The fraction of sp³-hybridized carbons (Fsp3) is 0.800. The van der Waals surface area contributed by atoms with Crippen LogP contribution in [0, 0.1) is 5.41 Å². The van der Waals surface area contributed by atoms with Crippen molar-refractivity contribution in [3.8, 4) is 0 Å². The molecule has 118 valence electrons. The van der Waals surface area contributed by atoms with Gasteiger partial charge in [0.15, 0.2) is 0 Å². The molecule has 0 aliphatic carbocycles. The zero-order chi connectivity index (χ0) is 15.8. The van der Waals surface area contributed by atoms with Gasteiger partial charge in [0.2, 0.25) is 0 Å². The van der Waals surface area contributed by atoms with Gasteiger partial charge in [0, 0.05) is 26.6 Å². The van der Waals surface area contributed by atoms with E-state index in [1.54, 1.807) is 18.6 Å². The maximum atomic E-state index is 12.0. The first kappa shape index (κ1) is 18.6. The first-order valence-electron chi connectivity index (χ1n) is 5.99. The number of rotatable bonds is 9. The zero-order valence-electron chi connectivity index (χ0n) is 11.9.